The van der Waals surface area contributed by atoms with Crippen LogP contribution in [-0.2, 0) is 10.2 Å². The lowest BCUT2D eigenvalue weighted by Gasteiger charge is -2.24. The largest absolute Gasteiger partial charge is 0.496 e. The number of carbonyl (C=O) groups excluding carboxylic acids is 1. The second-order valence-electron chi connectivity index (χ2n) is 9.00. The molecule has 0 saturated heterocycles. The summed E-state index contributed by atoms with van der Waals surface area (Å²) in [6.45, 7) is 8.29. The van der Waals surface area contributed by atoms with Crippen molar-refractivity contribution in [1.29, 1.82) is 0 Å². The van der Waals surface area contributed by atoms with Crippen LogP contribution in [0.25, 0.3) is 0 Å². The summed E-state index contributed by atoms with van der Waals surface area (Å²) in [4.78, 5) is 24.5. The third-order valence-corrected chi connectivity index (χ3v) is 5.52. The Morgan fingerprint density at radius 3 is 2.42 bits per heavy atom. The van der Waals surface area contributed by atoms with Crippen LogP contribution in [0.3, 0.4) is 0 Å². The number of unbranched alkanes of at least 4 members (excludes halogenated alkanes) is 2. The van der Waals surface area contributed by atoms with Gasteiger partial charge in [-0.25, -0.2) is 4.79 Å². The molecule has 0 heterocycles. The lowest BCUT2D eigenvalue weighted by atomic mass is 9.85. The number of benzene rings is 2. The normalized spacial score (nSPS) is 12.3. The molecule has 1 amide bonds. The van der Waals surface area contributed by atoms with Crippen molar-refractivity contribution in [2.45, 2.75) is 71.1 Å². The van der Waals surface area contributed by atoms with E-state index in [1.54, 1.807) is 25.3 Å². The first kappa shape index (κ1) is 24.4. The maximum atomic E-state index is 13.1. The van der Waals surface area contributed by atoms with Crippen molar-refractivity contribution in [3.8, 4) is 5.75 Å². The van der Waals surface area contributed by atoms with E-state index in [9.17, 15) is 14.7 Å². The Hall–Kier alpha value is -2.82. The Morgan fingerprint density at radius 2 is 1.81 bits per heavy atom. The van der Waals surface area contributed by atoms with E-state index in [-0.39, 0.29) is 22.8 Å². The number of rotatable bonds is 10. The molecular weight excluding hydrogens is 390 g/mol. The molecule has 0 radical (unpaired) electrons. The highest BCUT2D eigenvalue weighted by atomic mass is 16.5. The molecule has 0 aromatic heterocycles. The molecular formula is C26H35NO4. The summed E-state index contributed by atoms with van der Waals surface area (Å²) in [5.74, 6) is -0.314. The van der Waals surface area contributed by atoms with Gasteiger partial charge in [0.05, 0.1) is 12.7 Å². The number of ether oxygens (including phenoxy) is 1. The minimum Gasteiger partial charge on any atom is -0.496 e. The average molecular weight is 426 g/mol. The molecule has 2 aromatic carbocycles. The number of para-hydroxylation sites is 1. The standard InChI is InChI=1S/C26H35NO4/c1-6-7-8-11-18(20-12-9-10-13-23(20)31-5)17-24(28)27-22-16-19(25(29)30)14-15-21(22)26(2,3)4/h9-10,12-16,18H,6-8,11,17H2,1-5H3,(H,27,28)(H,29,30). The fraction of sp³-hybridized carbons (Fsp3) is 0.462. The van der Waals surface area contributed by atoms with Crippen LogP contribution in [0.2, 0.25) is 0 Å². The van der Waals surface area contributed by atoms with E-state index in [4.69, 9.17) is 4.74 Å². The maximum Gasteiger partial charge on any atom is 0.335 e. The molecule has 5 nitrogen and oxygen atoms in total. The second kappa shape index (κ2) is 11.0. The van der Waals surface area contributed by atoms with Gasteiger partial charge in [0.1, 0.15) is 5.75 Å². The number of hydrogen-bond donors (Lipinski definition) is 2. The van der Waals surface area contributed by atoms with Gasteiger partial charge in [0, 0.05) is 12.1 Å². The van der Waals surface area contributed by atoms with Gasteiger partial charge < -0.3 is 15.2 Å². The van der Waals surface area contributed by atoms with E-state index >= 15 is 0 Å². The fourth-order valence-corrected chi connectivity index (χ4v) is 3.87. The van der Waals surface area contributed by atoms with Crippen molar-refractivity contribution in [3.05, 3.63) is 59.2 Å². The van der Waals surface area contributed by atoms with E-state index in [1.807, 2.05) is 45.0 Å². The molecule has 0 spiro atoms. The number of amides is 1. The summed E-state index contributed by atoms with van der Waals surface area (Å²) in [5.41, 5.74) is 2.43. The van der Waals surface area contributed by atoms with E-state index in [0.29, 0.717) is 12.1 Å². The predicted octanol–water partition coefficient (Wildman–Crippen LogP) is 6.38. The molecule has 31 heavy (non-hydrogen) atoms. The molecule has 0 aliphatic heterocycles. The zero-order valence-electron chi connectivity index (χ0n) is 19.3. The molecule has 168 valence electrons. The van der Waals surface area contributed by atoms with Crippen LogP contribution in [0.15, 0.2) is 42.5 Å². The van der Waals surface area contributed by atoms with Crippen LogP contribution < -0.4 is 10.1 Å². The van der Waals surface area contributed by atoms with Gasteiger partial charge >= 0.3 is 5.97 Å². The number of aromatic carboxylic acids is 1. The predicted molar refractivity (Wildman–Crippen MR) is 125 cm³/mol. The first-order valence-corrected chi connectivity index (χ1v) is 11.0. The van der Waals surface area contributed by atoms with Crippen LogP contribution in [0.5, 0.6) is 5.75 Å². The molecule has 0 bridgehead atoms. The number of carbonyl (C=O) groups is 2. The summed E-state index contributed by atoms with van der Waals surface area (Å²) in [6.07, 6.45) is 4.46. The smallest absolute Gasteiger partial charge is 0.335 e. The van der Waals surface area contributed by atoms with Crippen molar-refractivity contribution in [2.75, 3.05) is 12.4 Å². The Bertz CT molecular complexity index is 899. The Kier molecular flexibility index (Phi) is 8.66. The number of methoxy groups -OCH3 is 1. The van der Waals surface area contributed by atoms with Gasteiger partial charge in [0.25, 0.3) is 0 Å². The topological polar surface area (TPSA) is 75.6 Å². The second-order valence-corrected chi connectivity index (χ2v) is 9.00. The minimum absolute atomic E-state index is 0.0310. The average Bonchev–Trinajstić information content (AvgIpc) is 2.72. The Morgan fingerprint density at radius 1 is 1.10 bits per heavy atom. The van der Waals surface area contributed by atoms with E-state index in [2.05, 4.69) is 12.2 Å². The lowest BCUT2D eigenvalue weighted by molar-refractivity contribution is -0.116. The lowest BCUT2D eigenvalue weighted by Crippen LogP contribution is -2.21. The number of carboxylic acid groups (broad SMARTS) is 1. The van der Waals surface area contributed by atoms with Crippen LogP contribution in [-0.4, -0.2) is 24.1 Å². The highest BCUT2D eigenvalue weighted by Gasteiger charge is 2.23. The number of nitrogens with one attached hydrogen (secondary N) is 1. The van der Waals surface area contributed by atoms with Crippen LogP contribution in [0.4, 0.5) is 5.69 Å². The Balaban J connectivity index is 2.30. The van der Waals surface area contributed by atoms with Gasteiger partial charge in [0.15, 0.2) is 0 Å². The molecule has 0 fully saturated rings. The molecule has 1 unspecified atom stereocenters. The van der Waals surface area contributed by atoms with Crippen molar-refractivity contribution in [2.24, 2.45) is 0 Å². The number of carboxylic acids is 1. The van der Waals surface area contributed by atoms with Crippen molar-refractivity contribution in [3.63, 3.8) is 0 Å². The van der Waals surface area contributed by atoms with Crippen LogP contribution in [0, 0.1) is 0 Å². The van der Waals surface area contributed by atoms with Crippen molar-refractivity contribution >= 4 is 17.6 Å². The highest BCUT2D eigenvalue weighted by Crippen LogP contribution is 2.34. The molecule has 0 saturated carbocycles. The monoisotopic (exact) mass is 425 g/mol. The molecule has 0 aliphatic carbocycles. The van der Waals surface area contributed by atoms with Gasteiger partial charge in [-0.2, -0.15) is 0 Å². The number of anilines is 1. The first-order valence-electron chi connectivity index (χ1n) is 11.0. The van der Waals surface area contributed by atoms with Crippen molar-refractivity contribution < 1.29 is 19.4 Å². The van der Waals surface area contributed by atoms with Crippen molar-refractivity contribution in [1.82, 2.24) is 0 Å². The van der Waals surface area contributed by atoms with Gasteiger partial charge in [-0.1, -0.05) is 71.2 Å². The first-order chi connectivity index (χ1) is 14.7. The minimum atomic E-state index is -1.01. The van der Waals surface area contributed by atoms with E-state index in [1.165, 1.54) is 0 Å². The summed E-state index contributed by atoms with van der Waals surface area (Å²) in [7, 11) is 1.65. The van der Waals surface area contributed by atoms with Crippen LogP contribution in [0.1, 0.15) is 87.2 Å². The molecule has 1 atom stereocenters. The summed E-state index contributed by atoms with van der Waals surface area (Å²) >= 11 is 0. The highest BCUT2D eigenvalue weighted by molar-refractivity contribution is 5.95. The fourth-order valence-electron chi connectivity index (χ4n) is 3.87. The zero-order chi connectivity index (χ0) is 23.0. The van der Waals surface area contributed by atoms with Gasteiger partial charge in [-0.15, -0.1) is 0 Å². The Labute approximate surface area is 185 Å². The van der Waals surface area contributed by atoms with Gasteiger partial charge in [-0.05, 0) is 47.1 Å². The zero-order valence-corrected chi connectivity index (χ0v) is 19.3. The number of hydrogen-bond acceptors (Lipinski definition) is 3. The van der Waals surface area contributed by atoms with Gasteiger partial charge in [0.2, 0.25) is 5.91 Å². The summed E-state index contributed by atoms with van der Waals surface area (Å²) < 4.78 is 5.54. The third-order valence-electron chi connectivity index (χ3n) is 5.52. The summed E-state index contributed by atoms with van der Waals surface area (Å²) in [6, 6.07) is 12.8. The molecule has 2 rings (SSSR count). The molecule has 0 aliphatic rings. The van der Waals surface area contributed by atoms with Crippen LogP contribution >= 0.6 is 0 Å². The summed E-state index contributed by atoms with van der Waals surface area (Å²) in [5, 5.41) is 12.4. The quantitative estimate of drug-likeness (QED) is 0.433. The van der Waals surface area contributed by atoms with Gasteiger partial charge in [-0.3, -0.25) is 4.79 Å². The van der Waals surface area contributed by atoms with E-state index in [0.717, 1.165) is 42.6 Å². The third kappa shape index (κ3) is 6.84. The molecule has 2 N–H and O–H groups in total. The van der Waals surface area contributed by atoms with E-state index < -0.39 is 5.97 Å². The molecule has 5 heteroatoms. The SMILES string of the molecule is CCCCCC(CC(=O)Nc1cc(C(=O)O)ccc1C(C)(C)C)c1ccccc1OC. The maximum absolute atomic E-state index is 13.1. The molecule has 2 aromatic rings.